The van der Waals surface area contributed by atoms with Crippen LogP contribution in [0.1, 0.15) is 11.1 Å². The van der Waals surface area contributed by atoms with Gasteiger partial charge in [-0.2, -0.15) is 13.2 Å². The summed E-state index contributed by atoms with van der Waals surface area (Å²) in [5.41, 5.74) is 0.264. The lowest BCUT2D eigenvalue weighted by molar-refractivity contribution is -0.137. The molecule has 9 heteroatoms. The first-order valence-corrected chi connectivity index (χ1v) is 10.7. The third kappa shape index (κ3) is 4.82. The van der Waals surface area contributed by atoms with E-state index in [0.29, 0.717) is 32.6 Å². The number of amides is 3. The van der Waals surface area contributed by atoms with E-state index in [0.717, 1.165) is 27.8 Å². The Morgan fingerprint density at radius 2 is 1.68 bits per heavy atom. The molecule has 2 heterocycles. The van der Waals surface area contributed by atoms with Crippen molar-refractivity contribution in [1.29, 1.82) is 0 Å². The van der Waals surface area contributed by atoms with Crippen molar-refractivity contribution >= 4 is 39.0 Å². The van der Waals surface area contributed by atoms with Gasteiger partial charge in [-0.3, -0.25) is 4.79 Å². The fourth-order valence-corrected chi connectivity index (χ4v) is 4.54. The molecule has 1 saturated heterocycles. The Hall–Kier alpha value is -3.07. The molecule has 0 saturated carbocycles. The molecule has 0 bridgehead atoms. The van der Waals surface area contributed by atoms with E-state index in [4.69, 9.17) is 0 Å². The van der Waals surface area contributed by atoms with Crippen molar-refractivity contribution in [2.45, 2.75) is 12.6 Å². The monoisotopic (exact) mass is 447 g/mol. The van der Waals surface area contributed by atoms with Gasteiger partial charge in [0, 0.05) is 36.6 Å². The number of anilines is 1. The van der Waals surface area contributed by atoms with E-state index < -0.39 is 17.8 Å². The number of piperazine rings is 1. The van der Waals surface area contributed by atoms with Gasteiger partial charge in [0.15, 0.2) is 0 Å². The van der Waals surface area contributed by atoms with Crippen molar-refractivity contribution < 1.29 is 22.8 Å². The summed E-state index contributed by atoms with van der Waals surface area (Å²) in [5, 5.41) is 5.59. The SMILES string of the molecule is O=C(Cc1csc2ccccc12)N1CCN(C(=O)Nc2cccc(C(F)(F)F)c2)CC1. The zero-order valence-electron chi connectivity index (χ0n) is 16.5. The van der Waals surface area contributed by atoms with Crippen LogP contribution in [0.2, 0.25) is 0 Å². The Balaban J connectivity index is 1.32. The third-order valence-electron chi connectivity index (χ3n) is 5.26. The lowest BCUT2D eigenvalue weighted by Gasteiger charge is -2.34. The van der Waals surface area contributed by atoms with E-state index in [2.05, 4.69) is 5.32 Å². The van der Waals surface area contributed by atoms with Gasteiger partial charge < -0.3 is 15.1 Å². The number of fused-ring (bicyclic) bond motifs is 1. The summed E-state index contributed by atoms with van der Waals surface area (Å²) in [6.45, 7) is 1.41. The molecule has 0 atom stereocenters. The molecule has 4 rings (SSSR count). The second-order valence-corrected chi connectivity index (χ2v) is 8.22. The van der Waals surface area contributed by atoms with Crippen molar-refractivity contribution in [2.24, 2.45) is 0 Å². The van der Waals surface area contributed by atoms with Gasteiger partial charge in [0.2, 0.25) is 5.91 Å². The van der Waals surface area contributed by atoms with Gasteiger partial charge in [-0.25, -0.2) is 4.79 Å². The van der Waals surface area contributed by atoms with Crippen molar-refractivity contribution in [3.8, 4) is 0 Å². The maximum Gasteiger partial charge on any atom is 0.416 e. The second kappa shape index (κ2) is 8.58. The molecular formula is C22H20F3N3O2S. The van der Waals surface area contributed by atoms with Crippen LogP contribution in [-0.4, -0.2) is 47.9 Å². The molecule has 3 aromatic rings. The molecule has 1 aliphatic heterocycles. The van der Waals surface area contributed by atoms with Crippen LogP contribution in [0.5, 0.6) is 0 Å². The maximum absolute atomic E-state index is 12.8. The number of nitrogens with one attached hydrogen (secondary N) is 1. The number of halogens is 3. The number of thiophene rings is 1. The van der Waals surface area contributed by atoms with Crippen LogP contribution < -0.4 is 5.32 Å². The zero-order valence-corrected chi connectivity index (χ0v) is 17.3. The maximum atomic E-state index is 12.8. The molecule has 5 nitrogen and oxygen atoms in total. The highest BCUT2D eigenvalue weighted by Crippen LogP contribution is 2.31. The minimum Gasteiger partial charge on any atom is -0.339 e. The summed E-state index contributed by atoms with van der Waals surface area (Å²) in [4.78, 5) is 28.4. The van der Waals surface area contributed by atoms with Crippen molar-refractivity contribution in [1.82, 2.24) is 9.80 Å². The standard InChI is InChI=1S/C22H20F3N3O2S/c23-22(24,25)16-4-3-5-17(13-16)26-21(30)28-10-8-27(9-11-28)20(29)12-15-14-31-19-7-2-1-6-18(15)19/h1-7,13-14H,8-12H2,(H,26,30). The number of hydrogen-bond acceptors (Lipinski definition) is 3. The topological polar surface area (TPSA) is 52.7 Å². The van der Waals surface area contributed by atoms with Gasteiger partial charge in [0.25, 0.3) is 0 Å². The van der Waals surface area contributed by atoms with E-state index in [9.17, 15) is 22.8 Å². The zero-order chi connectivity index (χ0) is 22.0. The Kier molecular flexibility index (Phi) is 5.86. The van der Waals surface area contributed by atoms with Crippen LogP contribution in [0.3, 0.4) is 0 Å². The van der Waals surface area contributed by atoms with Crippen LogP contribution in [0, 0.1) is 0 Å². The number of urea groups is 1. The molecule has 0 unspecified atom stereocenters. The molecule has 1 fully saturated rings. The predicted octanol–water partition coefficient (Wildman–Crippen LogP) is 4.84. The third-order valence-corrected chi connectivity index (χ3v) is 6.28. The lowest BCUT2D eigenvalue weighted by Crippen LogP contribution is -2.52. The second-order valence-electron chi connectivity index (χ2n) is 7.31. The largest absolute Gasteiger partial charge is 0.416 e. The number of carbonyl (C=O) groups is 2. The first kappa shape index (κ1) is 21.2. The van der Waals surface area contributed by atoms with Gasteiger partial charge in [0.1, 0.15) is 0 Å². The highest BCUT2D eigenvalue weighted by Gasteiger charge is 2.31. The summed E-state index contributed by atoms with van der Waals surface area (Å²) >= 11 is 1.61. The van der Waals surface area contributed by atoms with Crippen molar-refractivity contribution in [3.05, 3.63) is 65.0 Å². The molecule has 1 aromatic heterocycles. The number of nitrogens with zero attached hydrogens (tertiary/aromatic N) is 2. The van der Waals surface area contributed by atoms with Crippen molar-refractivity contribution in [2.75, 3.05) is 31.5 Å². The summed E-state index contributed by atoms with van der Waals surface area (Å²) in [5.74, 6) is 0.00138. The molecule has 1 aliphatic rings. The summed E-state index contributed by atoms with van der Waals surface area (Å²) < 4.78 is 39.7. The molecule has 2 aromatic carbocycles. The average molecular weight is 447 g/mol. The van der Waals surface area contributed by atoms with Crippen LogP contribution in [-0.2, 0) is 17.4 Å². The Labute approximate surface area is 181 Å². The summed E-state index contributed by atoms with van der Waals surface area (Å²) in [6.07, 6.45) is -4.17. The lowest BCUT2D eigenvalue weighted by atomic mass is 10.1. The molecule has 0 radical (unpaired) electrons. The van der Waals surface area contributed by atoms with Gasteiger partial charge in [-0.15, -0.1) is 11.3 Å². The van der Waals surface area contributed by atoms with E-state index in [1.165, 1.54) is 17.0 Å². The van der Waals surface area contributed by atoms with Crippen LogP contribution in [0.25, 0.3) is 10.1 Å². The predicted molar refractivity (Wildman–Crippen MR) is 114 cm³/mol. The highest BCUT2D eigenvalue weighted by atomic mass is 32.1. The van der Waals surface area contributed by atoms with Gasteiger partial charge in [-0.1, -0.05) is 24.3 Å². The minimum atomic E-state index is -4.47. The number of hydrogen-bond donors (Lipinski definition) is 1. The smallest absolute Gasteiger partial charge is 0.339 e. The summed E-state index contributed by atoms with van der Waals surface area (Å²) in [6, 6.07) is 12.0. The minimum absolute atomic E-state index is 0.00138. The van der Waals surface area contributed by atoms with Crippen LogP contribution in [0.15, 0.2) is 53.9 Å². The Morgan fingerprint density at radius 1 is 0.968 bits per heavy atom. The fourth-order valence-electron chi connectivity index (χ4n) is 3.58. The van der Waals surface area contributed by atoms with E-state index in [1.807, 2.05) is 29.6 Å². The highest BCUT2D eigenvalue weighted by molar-refractivity contribution is 7.17. The average Bonchev–Trinajstić information content (AvgIpc) is 3.16. The van der Waals surface area contributed by atoms with Crippen LogP contribution in [0.4, 0.5) is 23.7 Å². The normalized spacial score (nSPS) is 14.7. The number of carbonyl (C=O) groups excluding carboxylic acids is 2. The number of alkyl halides is 3. The Bertz CT molecular complexity index is 1100. The van der Waals surface area contributed by atoms with Gasteiger partial charge in [0.05, 0.1) is 12.0 Å². The molecule has 0 spiro atoms. The van der Waals surface area contributed by atoms with Crippen molar-refractivity contribution in [3.63, 3.8) is 0 Å². The first-order valence-electron chi connectivity index (χ1n) is 9.77. The molecule has 31 heavy (non-hydrogen) atoms. The molecule has 162 valence electrons. The molecule has 1 N–H and O–H groups in total. The quantitative estimate of drug-likeness (QED) is 0.625. The number of benzene rings is 2. The summed E-state index contributed by atoms with van der Waals surface area (Å²) in [7, 11) is 0. The van der Waals surface area contributed by atoms with Crippen LogP contribution >= 0.6 is 11.3 Å². The molecule has 0 aliphatic carbocycles. The molecule has 3 amide bonds. The number of rotatable bonds is 3. The van der Waals surface area contributed by atoms with Gasteiger partial charge >= 0.3 is 12.2 Å². The first-order chi connectivity index (χ1) is 14.8. The van der Waals surface area contributed by atoms with E-state index >= 15 is 0 Å². The van der Waals surface area contributed by atoms with Gasteiger partial charge in [-0.05, 0) is 40.6 Å². The fraction of sp³-hybridized carbons (Fsp3) is 0.273. The van der Waals surface area contributed by atoms with E-state index in [1.54, 1.807) is 16.2 Å². The van der Waals surface area contributed by atoms with E-state index in [-0.39, 0.29) is 11.6 Å². The molecular weight excluding hydrogens is 427 g/mol. The Morgan fingerprint density at radius 3 is 2.42 bits per heavy atom.